The fourth-order valence-corrected chi connectivity index (χ4v) is 5.96. The van der Waals surface area contributed by atoms with E-state index in [1.54, 1.807) is 12.1 Å². The summed E-state index contributed by atoms with van der Waals surface area (Å²) in [6, 6.07) is 8.28. The molecule has 2 fully saturated rings. The van der Waals surface area contributed by atoms with E-state index in [4.69, 9.17) is 16.3 Å². The predicted octanol–water partition coefficient (Wildman–Crippen LogP) is 4.79. The van der Waals surface area contributed by atoms with Crippen molar-refractivity contribution in [1.82, 2.24) is 15.2 Å². The molecule has 2 heterocycles. The minimum atomic E-state index is -5.22. The van der Waals surface area contributed by atoms with Crippen molar-refractivity contribution in [2.45, 2.75) is 57.3 Å². The summed E-state index contributed by atoms with van der Waals surface area (Å²) in [5.41, 5.74) is -3.86. The highest BCUT2D eigenvalue weighted by Crippen LogP contribution is 2.61. The number of anilines is 1. The van der Waals surface area contributed by atoms with Crippen molar-refractivity contribution < 1.29 is 32.6 Å². The number of benzene rings is 1. The molecule has 2 amide bonds. The van der Waals surface area contributed by atoms with E-state index >= 15 is 0 Å². The Labute approximate surface area is 242 Å². The number of hydrogen-bond acceptors (Lipinski definition) is 6. The SMILES string of the molecule is COc1cccc([C@@](O)(C(=O)N(C)CCC2CC23CCN(c2ccc(C(=O)NC(C)C)c(Cl)n2)CC3)C(F)(F)F)c1. The normalized spacial score (nSPS) is 19.6. The van der Waals surface area contributed by atoms with Gasteiger partial charge in [0.1, 0.15) is 16.7 Å². The first-order valence-corrected chi connectivity index (χ1v) is 14.0. The smallest absolute Gasteiger partial charge is 0.430 e. The van der Waals surface area contributed by atoms with Crippen molar-refractivity contribution in [2.24, 2.45) is 11.3 Å². The van der Waals surface area contributed by atoms with Gasteiger partial charge >= 0.3 is 6.18 Å². The van der Waals surface area contributed by atoms with Crippen LogP contribution in [0.1, 0.15) is 55.5 Å². The van der Waals surface area contributed by atoms with Gasteiger partial charge < -0.3 is 25.0 Å². The summed E-state index contributed by atoms with van der Waals surface area (Å²) in [6.45, 7) is 5.28. The maximum absolute atomic E-state index is 14.1. The topological polar surface area (TPSA) is 95.0 Å². The van der Waals surface area contributed by atoms with Crippen LogP contribution >= 0.6 is 11.6 Å². The minimum absolute atomic E-state index is 0.0234. The van der Waals surface area contributed by atoms with E-state index in [9.17, 15) is 27.9 Å². The summed E-state index contributed by atoms with van der Waals surface area (Å²) < 4.78 is 47.2. The Balaban J connectivity index is 1.34. The van der Waals surface area contributed by atoms with Crippen molar-refractivity contribution in [3.63, 3.8) is 0 Å². The van der Waals surface area contributed by atoms with E-state index in [0.717, 1.165) is 49.4 Å². The number of carbonyl (C=O) groups is 2. The number of rotatable bonds is 9. The Morgan fingerprint density at radius 3 is 2.51 bits per heavy atom. The van der Waals surface area contributed by atoms with Gasteiger partial charge in [0.05, 0.1) is 12.7 Å². The van der Waals surface area contributed by atoms with Crippen LogP contribution in [0.3, 0.4) is 0 Å². The van der Waals surface area contributed by atoms with Gasteiger partial charge in [0.25, 0.3) is 17.4 Å². The largest absolute Gasteiger partial charge is 0.497 e. The molecule has 1 aliphatic carbocycles. The van der Waals surface area contributed by atoms with E-state index in [-0.39, 0.29) is 40.7 Å². The Bertz CT molecular complexity index is 1280. The van der Waals surface area contributed by atoms with E-state index in [2.05, 4.69) is 15.2 Å². The Morgan fingerprint density at radius 1 is 1.24 bits per heavy atom. The average Bonchev–Trinajstić information content (AvgIpc) is 3.60. The molecule has 1 saturated carbocycles. The number of piperidine rings is 1. The monoisotopic (exact) mass is 596 g/mol. The van der Waals surface area contributed by atoms with Crippen LogP contribution in [-0.2, 0) is 10.4 Å². The van der Waals surface area contributed by atoms with E-state index in [1.165, 1.54) is 26.3 Å². The zero-order chi connectivity index (χ0) is 30.2. The van der Waals surface area contributed by atoms with Crippen LogP contribution in [0.5, 0.6) is 5.75 Å². The van der Waals surface area contributed by atoms with Gasteiger partial charge in [0, 0.05) is 38.3 Å². The summed E-state index contributed by atoms with van der Waals surface area (Å²) in [7, 11) is 2.59. The third-order valence-corrected chi connectivity index (χ3v) is 8.60. The number of alkyl halides is 3. The number of methoxy groups -OCH3 is 1. The van der Waals surface area contributed by atoms with E-state index < -0.39 is 23.2 Å². The molecule has 1 aromatic heterocycles. The number of aliphatic hydroxyl groups is 1. The van der Waals surface area contributed by atoms with Gasteiger partial charge in [-0.2, -0.15) is 13.2 Å². The number of ether oxygens (including phenoxy) is 1. The number of halogens is 4. The van der Waals surface area contributed by atoms with Crippen LogP contribution in [0.4, 0.5) is 19.0 Å². The number of nitrogens with one attached hydrogen (secondary N) is 1. The highest BCUT2D eigenvalue weighted by atomic mass is 35.5. The van der Waals surface area contributed by atoms with E-state index in [0.29, 0.717) is 17.8 Å². The molecule has 1 saturated heterocycles. The standard InChI is InChI=1S/C29H36ClF3N4O4/c1-18(2)34-25(38)22-8-9-23(35-24(22)30)37-14-11-27(12-15-37)17-20(27)10-13-36(3)26(39)28(40,29(31,32)33)19-6-5-7-21(16-19)41-4/h5-9,16,18,20,40H,10-15,17H2,1-4H3,(H,34,38)/t20?,28-/m1/s1. The Morgan fingerprint density at radius 2 is 1.93 bits per heavy atom. The van der Waals surface area contributed by atoms with Crippen LogP contribution in [0.15, 0.2) is 36.4 Å². The Kier molecular flexibility index (Phi) is 8.80. The lowest BCUT2D eigenvalue weighted by atomic mass is 9.89. The molecule has 2 aliphatic rings. The predicted molar refractivity (Wildman–Crippen MR) is 149 cm³/mol. The first-order valence-electron chi connectivity index (χ1n) is 13.6. The molecule has 0 radical (unpaired) electrons. The summed E-state index contributed by atoms with van der Waals surface area (Å²) in [6.07, 6.45) is -1.99. The maximum atomic E-state index is 14.1. The van der Waals surface area contributed by atoms with Crippen molar-refractivity contribution in [1.29, 1.82) is 0 Å². The maximum Gasteiger partial charge on any atom is 0.430 e. The van der Waals surface area contributed by atoms with Gasteiger partial charge in [-0.25, -0.2) is 4.98 Å². The first kappa shape index (κ1) is 30.9. The molecule has 1 aromatic carbocycles. The van der Waals surface area contributed by atoms with E-state index in [1.807, 2.05) is 13.8 Å². The number of likely N-dealkylation sites (N-methyl/N-ethyl adjacent to an activating group) is 1. The van der Waals surface area contributed by atoms with Gasteiger partial charge in [0.2, 0.25) is 0 Å². The first-order chi connectivity index (χ1) is 19.2. The second-order valence-corrected chi connectivity index (χ2v) is 11.7. The molecular formula is C29H36ClF3N4O4. The lowest BCUT2D eigenvalue weighted by Gasteiger charge is -2.35. The van der Waals surface area contributed by atoms with Gasteiger partial charge in [0.15, 0.2) is 0 Å². The van der Waals surface area contributed by atoms with Crippen molar-refractivity contribution in [3.05, 3.63) is 52.7 Å². The van der Waals surface area contributed by atoms with Crippen molar-refractivity contribution in [3.8, 4) is 5.75 Å². The minimum Gasteiger partial charge on any atom is -0.497 e. The molecule has 2 atom stereocenters. The molecule has 1 aliphatic heterocycles. The van der Waals surface area contributed by atoms with Crippen LogP contribution in [0.2, 0.25) is 5.15 Å². The lowest BCUT2D eigenvalue weighted by molar-refractivity contribution is -0.261. The number of carbonyl (C=O) groups excluding carboxylic acids is 2. The fraction of sp³-hybridized carbons (Fsp3) is 0.552. The van der Waals surface area contributed by atoms with Gasteiger partial charge in [-0.1, -0.05) is 23.7 Å². The highest BCUT2D eigenvalue weighted by Gasteiger charge is 2.62. The molecule has 2 N–H and O–H groups in total. The molecule has 0 bridgehead atoms. The van der Waals surface area contributed by atoms with Crippen LogP contribution in [0.25, 0.3) is 0 Å². The van der Waals surface area contributed by atoms with Gasteiger partial charge in [-0.15, -0.1) is 0 Å². The summed E-state index contributed by atoms with van der Waals surface area (Å²) in [5, 5.41) is 13.7. The van der Waals surface area contributed by atoms with Gasteiger partial charge in [-0.3, -0.25) is 9.59 Å². The molecule has 2 aromatic rings. The molecule has 224 valence electrons. The third kappa shape index (κ3) is 6.25. The molecule has 1 unspecified atom stereocenters. The van der Waals surface area contributed by atoms with Gasteiger partial charge in [-0.05, 0) is 75.1 Å². The molecule has 8 nitrogen and oxygen atoms in total. The summed E-state index contributed by atoms with van der Waals surface area (Å²) in [4.78, 5) is 32.8. The Hall–Kier alpha value is -3.05. The summed E-state index contributed by atoms with van der Waals surface area (Å²) >= 11 is 6.30. The average molecular weight is 597 g/mol. The second kappa shape index (κ2) is 11.7. The molecule has 12 heteroatoms. The highest BCUT2D eigenvalue weighted by molar-refractivity contribution is 6.32. The van der Waals surface area contributed by atoms with Crippen LogP contribution < -0.4 is 15.0 Å². The molecule has 41 heavy (non-hydrogen) atoms. The zero-order valence-corrected chi connectivity index (χ0v) is 24.3. The number of pyridine rings is 1. The zero-order valence-electron chi connectivity index (χ0n) is 23.6. The summed E-state index contributed by atoms with van der Waals surface area (Å²) in [5.74, 6) is -0.622. The second-order valence-electron chi connectivity index (χ2n) is 11.3. The fourth-order valence-electron chi connectivity index (χ4n) is 5.73. The van der Waals surface area contributed by atoms with Crippen molar-refractivity contribution in [2.75, 3.05) is 38.7 Å². The number of aromatic nitrogens is 1. The van der Waals surface area contributed by atoms with Crippen LogP contribution in [0, 0.1) is 11.3 Å². The van der Waals surface area contributed by atoms with Crippen molar-refractivity contribution >= 4 is 29.2 Å². The molecule has 4 rings (SSSR count). The number of amides is 2. The molecule has 1 spiro atoms. The lowest BCUT2D eigenvalue weighted by Crippen LogP contribution is -2.55. The number of hydrogen-bond donors (Lipinski definition) is 2. The molecular weight excluding hydrogens is 561 g/mol. The van der Waals surface area contributed by atoms with Crippen LogP contribution in [-0.4, -0.2) is 72.8 Å². The quantitative estimate of drug-likeness (QED) is 0.405. The number of nitrogens with zero attached hydrogens (tertiary/aromatic N) is 3. The third-order valence-electron chi connectivity index (χ3n) is 8.31.